The van der Waals surface area contributed by atoms with Crippen molar-refractivity contribution in [3.05, 3.63) is 45.9 Å². The number of nitrogens with zero attached hydrogens (tertiary/aromatic N) is 3. The van der Waals surface area contributed by atoms with Crippen molar-refractivity contribution < 1.29 is 4.39 Å². The Morgan fingerprint density at radius 1 is 1.35 bits per heavy atom. The lowest BCUT2D eigenvalue weighted by molar-refractivity contribution is 0.613. The molecule has 1 aromatic carbocycles. The van der Waals surface area contributed by atoms with Gasteiger partial charge in [-0.05, 0) is 30.3 Å². The van der Waals surface area contributed by atoms with Gasteiger partial charge in [-0.1, -0.05) is 21.1 Å². The van der Waals surface area contributed by atoms with Gasteiger partial charge in [0.15, 0.2) is 0 Å². The van der Waals surface area contributed by atoms with Crippen molar-refractivity contribution >= 4 is 15.9 Å². The minimum Gasteiger partial charge on any atom is -0.330 e. The van der Waals surface area contributed by atoms with Gasteiger partial charge in [-0.2, -0.15) is 0 Å². The number of rotatable bonds is 4. The molecular formula is C11H12BrFN4. The monoisotopic (exact) mass is 298 g/mol. The smallest absolute Gasteiger partial charge is 0.124 e. The van der Waals surface area contributed by atoms with Crippen LogP contribution in [0.15, 0.2) is 28.9 Å². The maximum Gasteiger partial charge on any atom is 0.124 e. The van der Waals surface area contributed by atoms with Crippen LogP contribution in [0.3, 0.4) is 0 Å². The topological polar surface area (TPSA) is 56.7 Å². The molecule has 4 nitrogen and oxygen atoms in total. The molecule has 0 bridgehead atoms. The Balaban J connectivity index is 2.13. The zero-order valence-corrected chi connectivity index (χ0v) is 10.7. The summed E-state index contributed by atoms with van der Waals surface area (Å²) in [6.07, 6.45) is 2.53. The van der Waals surface area contributed by atoms with Crippen LogP contribution in [0.5, 0.6) is 0 Å². The van der Waals surface area contributed by atoms with E-state index in [2.05, 4.69) is 26.2 Å². The summed E-state index contributed by atoms with van der Waals surface area (Å²) in [6.45, 7) is 1.04. The van der Waals surface area contributed by atoms with Crippen LogP contribution in [0.2, 0.25) is 0 Å². The molecule has 2 aromatic rings. The quantitative estimate of drug-likeness (QED) is 0.935. The molecule has 2 N–H and O–H groups in total. The van der Waals surface area contributed by atoms with Crippen molar-refractivity contribution in [3.8, 4) is 0 Å². The number of hydrogen-bond acceptors (Lipinski definition) is 3. The van der Waals surface area contributed by atoms with E-state index >= 15 is 0 Å². The second-order valence-electron chi connectivity index (χ2n) is 3.72. The highest BCUT2D eigenvalue weighted by atomic mass is 79.9. The van der Waals surface area contributed by atoms with Crippen LogP contribution >= 0.6 is 15.9 Å². The lowest BCUT2D eigenvalue weighted by atomic mass is 10.2. The molecule has 1 heterocycles. The van der Waals surface area contributed by atoms with E-state index < -0.39 is 0 Å². The average Bonchev–Trinajstić information content (AvgIpc) is 2.64. The third-order valence-corrected chi connectivity index (χ3v) is 2.71. The predicted molar refractivity (Wildman–Crippen MR) is 66.0 cm³/mol. The van der Waals surface area contributed by atoms with E-state index in [1.165, 1.54) is 12.1 Å². The summed E-state index contributed by atoms with van der Waals surface area (Å²) >= 11 is 3.25. The number of nitrogens with two attached hydrogens (primary N) is 1. The Labute approximate surface area is 107 Å². The lowest BCUT2D eigenvalue weighted by Gasteiger charge is -2.02. The van der Waals surface area contributed by atoms with Gasteiger partial charge in [-0.3, -0.25) is 0 Å². The summed E-state index contributed by atoms with van der Waals surface area (Å²) in [6, 6.07) is 4.76. The summed E-state index contributed by atoms with van der Waals surface area (Å²) in [5.74, 6) is -0.267. The van der Waals surface area contributed by atoms with Gasteiger partial charge in [-0.15, -0.1) is 5.10 Å². The molecule has 6 heteroatoms. The van der Waals surface area contributed by atoms with Crippen LogP contribution in [0.1, 0.15) is 11.3 Å². The summed E-state index contributed by atoms with van der Waals surface area (Å²) in [4.78, 5) is 0. The van der Waals surface area contributed by atoms with Gasteiger partial charge >= 0.3 is 0 Å². The summed E-state index contributed by atoms with van der Waals surface area (Å²) in [7, 11) is 0. The van der Waals surface area contributed by atoms with Gasteiger partial charge in [0.05, 0.1) is 12.2 Å². The third-order valence-electron chi connectivity index (χ3n) is 2.25. The molecule has 0 aliphatic rings. The maximum absolute atomic E-state index is 13.2. The molecule has 2 rings (SSSR count). The Bertz CT molecular complexity index is 492. The zero-order valence-electron chi connectivity index (χ0n) is 9.11. The Kier molecular flexibility index (Phi) is 3.86. The zero-order chi connectivity index (χ0) is 12.3. The second kappa shape index (κ2) is 5.37. The normalized spacial score (nSPS) is 10.8. The van der Waals surface area contributed by atoms with E-state index in [0.717, 1.165) is 15.7 Å². The summed E-state index contributed by atoms with van der Waals surface area (Å²) in [5, 5.41) is 7.94. The van der Waals surface area contributed by atoms with E-state index in [-0.39, 0.29) is 5.82 Å². The first-order chi connectivity index (χ1) is 8.17. The third kappa shape index (κ3) is 3.34. The van der Waals surface area contributed by atoms with Crippen molar-refractivity contribution in [2.75, 3.05) is 6.54 Å². The average molecular weight is 299 g/mol. The molecule has 0 aliphatic carbocycles. The number of benzene rings is 1. The fourth-order valence-electron chi connectivity index (χ4n) is 1.57. The van der Waals surface area contributed by atoms with Gasteiger partial charge in [0.1, 0.15) is 5.82 Å². The molecule has 90 valence electrons. The first-order valence-corrected chi connectivity index (χ1v) is 6.01. The molecule has 0 saturated carbocycles. The van der Waals surface area contributed by atoms with Gasteiger partial charge in [0, 0.05) is 17.1 Å². The molecule has 0 unspecified atom stereocenters. The van der Waals surface area contributed by atoms with Gasteiger partial charge < -0.3 is 5.73 Å². The van der Waals surface area contributed by atoms with Crippen LogP contribution in [-0.2, 0) is 13.0 Å². The molecule has 0 aliphatic heterocycles. The molecule has 0 atom stereocenters. The maximum atomic E-state index is 13.2. The first kappa shape index (κ1) is 12.2. The van der Waals surface area contributed by atoms with Crippen molar-refractivity contribution in [1.82, 2.24) is 15.0 Å². The van der Waals surface area contributed by atoms with Crippen LogP contribution in [0.4, 0.5) is 4.39 Å². The molecule has 1 aromatic heterocycles. The number of aromatic nitrogens is 3. The molecule has 0 fully saturated rings. The van der Waals surface area contributed by atoms with Crippen molar-refractivity contribution in [1.29, 1.82) is 0 Å². The number of hydrogen-bond donors (Lipinski definition) is 1. The lowest BCUT2D eigenvalue weighted by Crippen LogP contribution is -2.03. The Hall–Kier alpha value is -1.27. The molecule has 0 amide bonds. The summed E-state index contributed by atoms with van der Waals surface area (Å²) < 4.78 is 15.6. The largest absolute Gasteiger partial charge is 0.330 e. The van der Waals surface area contributed by atoms with Crippen molar-refractivity contribution in [2.24, 2.45) is 5.73 Å². The van der Waals surface area contributed by atoms with Crippen molar-refractivity contribution in [2.45, 2.75) is 13.0 Å². The molecule has 0 saturated heterocycles. The molecular weight excluding hydrogens is 287 g/mol. The SMILES string of the molecule is NCCc1cn(Cc2cc(F)cc(Br)c2)nn1. The molecule has 17 heavy (non-hydrogen) atoms. The molecule has 0 radical (unpaired) electrons. The van der Waals surface area contributed by atoms with Crippen LogP contribution in [0.25, 0.3) is 0 Å². The Morgan fingerprint density at radius 2 is 2.18 bits per heavy atom. The minimum atomic E-state index is -0.267. The highest BCUT2D eigenvalue weighted by Gasteiger charge is 2.03. The van der Waals surface area contributed by atoms with Gasteiger partial charge in [0.25, 0.3) is 0 Å². The predicted octanol–water partition coefficient (Wildman–Crippen LogP) is 1.73. The standard InChI is InChI=1S/C11H12BrFN4/c12-9-3-8(4-10(13)5-9)6-17-7-11(1-2-14)15-16-17/h3-5,7H,1-2,6,14H2. The Morgan fingerprint density at radius 3 is 2.88 bits per heavy atom. The molecule has 0 spiro atoms. The van der Waals surface area contributed by atoms with E-state index in [0.29, 0.717) is 19.5 Å². The van der Waals surface area contributed by atoms with E-state index in [1.54, 1.807) is 4.68 Å². The fourth-order valence-corrected chi connectivity index (χ4v) is 2.08. The highest BCUT2D eigenvalue weighted by Crippen LogP contribution is 2.15. The van der Waals surface area contributed by atoms with Gasteiger partial charge in [0.2, 0.25) is 0 Å². The van der Waals surface area contributed by atoms with Crippen LogP contribution < -0.4 is 5.73 Å². The summed E-state index contributed by atoms with van der Waals surface area (Å²) in [5.41, 5.74) is 7.11. The second-order valence-corrected chi connectivity index (χ2v) is 4.64. The fraction of sp³-hybridized carbons (Fsp3) is 0.273. The van der Waals surface area contributed by atoms with Crippen LogP contribution in [0, 0.1) is 5.82 Å². The van der Waals surface area contributed by atoms with Crippen molar-refractivity contribution in [3.63, 3.8) is 0 Å². The van der Waals surface area contributed by atoms with E-state index in [9.17, 15) is 4.39 Å². The highest BCUT2D eigenvalue weighted by molar-refractivity contribution is 9.10. The number of halogens is 2. The first-order valence-electron chi connectivity index (χ1n) is 5.21. The van der Waals surface area contributed by atoms with E-state index in [1.807, 2.05) is 12.3 Å². The van der Waals surface area contributed by atoms with Crippen LogP contribution in [-0.4, -0.2) is 21.5 Å². The minimum absolute atomic E-state index is 0.267. The van der Waals surface area contributed by atoms with Gasteiger partial charge in [-0.25, -0.2) is 9.07 Å². The van der Waals surface area contributed by atoms with E-state index in [4.69, 9.17) is 5.73 Å².